The highest BCUT2D eigenvalue weighted by Crippen LogP contribution is 2.31. The molecule has 3 unspecified atom stereocenters. The van der Waals surface area contributed by atoms with Gasteiger partial charge in [-0.3, -0.25) is 4.79 Å². The van der Waals surface area contributed by atoms with Crippen LogP contribution in [0.25, 0.3) is 0 Å². The molecule has 1 heterocycles. The number of aliphatic hydroxyl groups is 2. The van der Waals surface area contributed by atoms with E-state index in [0.29, 0.717) is 19.4 Å². The van der Waals surface area contributed by atoms with Crippen molar-refractivity contribution in [1.82, 2.24) is 4.90 Å². The van der Waals surface area contributed by atoms with Crippen molar-refractivity contribution in [2.75, 3.05) is 6.54 Å². The van der Waals surface area contributed by atoms with Crippen LogP contribution in [0, 0.1) is 0 Å². The maximum absolute atomic E-state index is 13.0. The van der Waals surface area contributed by atoms with Crippen molar-refractivity contribution in [3.63, 3.8) is 0 Å². The molecule has 1 aliphatic carbocycles. The van der Waals surface area contributed by atoms with Gasteiger partial charge in [0.1, 0.15) is 5.83 Å². The molecule has 3 atom stereocenters. The molecule has 0 aromatic rings. The highest BCUT2D eigenvalue weighted by atomic mass is 19.1. The molecule has 1 fully saturated rings. The molecule has 0 saturated carbocycles. The van der Waals surface area contributed by atoms with E-state index in [4.69, 9.17) is 0 Å². The second-order valence-corrected chi connectivity index (χ2v) is 5.23. The van der Waals surface area contributed by atoms with Crippen LogP contribution in [0.5, 0.6) is 0 Å². The van der Waals surface area contributed by atoms with E-state index in [2.05, 4.69) is 0 Å². The summed E-state index contributed by atoms with van der Waals surface area (Å²) in [5.41, 5.74) is 1.03. The zero-order chi connectivity index (χ0) is 14.0. The van der Waals surface area contributed by atoms with Crippen molar-refractivity contribution in [3.05, 3.63) is 23.6 Å². The third-order valence-corrected chi connectivity index (χ3v) is 3.80. The lowest BCUT2D eigenvalue weighted by Gasteiger charge is -2.30. The number of carbonyl (C=O) groups excluding carboxylic acids is 1. The van der Waals surface area contributed by atoms with Crippen molar-refractivity contribution >= 4 is 5.91 Å². The summed E-state index contributed by atoms with van der Waals surface area (Å²) in [6, 6.07) is -0.0646. The van der Waals surface area contributed by atoms with Gasteiger partial charge in [-0.05, 0) is 37.8 Å². The topological polar surface area (TPSA) is 60.8 Å². The van der Waals surface area contributed by atoms with Crippen molar-refractivity contribution in [3.8, 4) is 0 Å². The van der Waals surface area contributed by atoms with Gasteiger partial charge >= 0.3 is 0 Å². The van der Waals surface area contributed by atoms with Gasteiger partial charge in [0.05, 0.1) is 12.1 Å². The van der Waals surface area contributed by atoms with E-state index >= 15 is 0 Å². The van der Waals surface area contributed by atoms with E-state index < -0.39 is 18.1 Å². The maximum atomic E-state index is 13.0. The minimum Gasteiger partial charge on any atom is -0.390 e. The van der Waals surface area contributed by atoms with Crippen LogP contribution in [0.15, 0.2) is 23.6 Å². The molecular formula is C14H20FNO3. The second-order valence-electron chi connectivity index (χ2n) is 5.23. The molecule has 0 aromatic carbocycles. The lowest BCUT2D eigenvalue weighted by atomic mass is 9.95. The molecule has 1 saturated heterocycles. The highest BCUT2D eigenvalue weighted by molar-refractivity contribution is 5.82. The predicted molar refractivity (Wildman–Crippen MR) is 68.9 cm³/mol. The fourth-order valence-corrected chi connectivity index (χ4v) is 2.70. The zero-order valence-electron chi connectivity index (χ0n) is 11.1. The molecule has 2 N–H and O–H groups in total. The number of likely N-dealkylation sites (tertiary alicyclic amines) is 1. The summed E-state index contributed by atoms with van der Waals surface area (Å²) in [5.74, 6) is -0.572. The molecule has 19 heavy (non-hydrogen) atoms. The lowest BCUT2D eigenvalue weighted by molar-refractivity contribution is -0.145. The molecular weight excluding hydrogens is 249 g/mol. The third kappa shape index (κ3) is 3.04. The number of allylic oxidation sites excluding steroid dienone is 3. The fourth-order valence-electron chi connectivity index (χ4n) is 2.70. The Morgan fingerprint density at radius 3 is 2.74 bits per heavy atom. The number of carbonyl (C=O) groups is 1. The molecule has 5 heteroatoms. The lowest BCUT2D eigenvalue weighted by Crippen LogP contribution is -2.46. The standard InChI is InChI=1S/C14H20FNO3/c1-9(17)13(18)14(19)16-8-2-3-12(16)10-4-6-11(15)7-5-10/h4,6,9,12-13,17-18H,2-3,5,7-8H2,1H3. The normalized spacial score (nSPS) is 26.7. The van der Waals surface area contributed by atoms with Crippen LogP contribution in [0.4, 0.5) is 4.39 Å². The predicted octanol–water partition coefficient (Wildman–Crippen LogP) is 1.29. The largest absolute Gasteiger partial charge is 0.390 e. The summed E-state index contributed by atoms with van der Waals surface area (Å²) in [4.78, 5) is 13.7. The number of hydrogen-bond donors (Lipinski definition) is 2. The van der Waals surface area contributed by atoms with Gasteiger partial charge in [-0.15, -0.1) is 0 Å². The molecule has 0 bridgehead atoms. The first-order chi connectivity index (χ1) is 9.00. The summed E-state index contributed by atoms with van der Waals surface area (Å²) in [6.07, 6.45) is 3.43. The minimum absolute atomic E-state index is 0.0646. The van der Waals surface area contributed by atoms with Gasteiger partial charge in [-0.2, -0.15) is 0 Å². The van der Waals surface area contributed by atoms with Crippen molar-refractivity contribution in [2.45, 2.75) is 50.9 Å². The zero-order valence-corrected chi connectivity index (χ0v) is 11.1. The summed E-state index contributed by atoms with van der Waals surface area (Å²) < 4.78 is 13.0. The summed E-state index contributed by atoms with van der Waals surface area (Å²) in [6.45, 7) is 1.97. The Hall–Kier alpha value is -1.20. The first-order valence-electron chi connectivity index (χ1n) is 6.72. The number of halogens is 1. The number of nitrogens with zero attached hydrogens (tertiary/aromatic N) is 1. The second kappa shape index (κ2) is 5.84. The van der Waals surface area contributed by atoms with Crippen LogP contribution in [0.1, 0.15) is 32.6 Å². The number of amides is 1. The van der Waals surface area contributed by atoms with E-state index in [9.17, 15) is 19.4 Å². The summed E-state index contributed by atoms with van der Waals surface area (Å²) >= 11 is 0. The van der Waals surface area contributed by atoms with Crippen LogP contribution in [0.3, 0.4) is 0 Å². The Bertz CT molecular complexity index is 417. The summed E-state index contributed by atoms with van der Waals surface area (Å²) in [7, 11) is 0. The Morgan fingerprint density at radius 1 is 1.42 bits per heavy atom. The SMILES string of the molecule is CC(O)C(O)C(=O)N1CCCC1C1=CC=C(F)CC1. The molecule has 0 aromatic heterocycles. The van der Waals surface area contributed by atoms with Gasteiger partial charge in [-0.1, -0.05) is 6.08 Å². The average molecular weight is 269 g/mol. The third-order valence-electron chi connectivity index (χ3n) is 3.80. The molecule has 4 nitrogen and oxygen atoms in total. The van der Waals surface area contributed by atoms with Gasteiger partial charge in [-0.25, -0.2) is 4.39 Å². The van der Waals surface area contributed by atoms with E-state index in [-0.39, 0.29) is 11.9 Å². The molecule has 2 rings (SSSR count). The van der Waals surface area contributed by atoms with Crippen LogP contribution in [-0.4, -0.2) is 45.8 Å². The van der Waals surface area contributed by atoms with E-state index in [1.54, 1.807) is 11.0 Å². The number of hydrogen-bond acceptors (Lipinski definition) is 3. The van der Waals surface area contributed by atoms with Crippen molar-refractivity contribution in [2.24, 2.45) is 0 Å². The van der Waals surface area contributed by atoms with Gasteiger partial charge in [0.2, 0.25) is 0 Å². The van der Waals surface area contributed by atoms with E-state index in [1.807, 2.05) is 0 Å². The number of aliphatic hydroxyl groups excluding tert-OH is 2. The van der Waals surface area contributed by atoms with E-state index in [1.165, 1.54) is 13.0 Å². The fraction of sp³-hybridized carbons (Fsp3) is 0.643. The monoisotopic (exact) mass is 269 g/mol. The van der Waals surface area contributed by atoms with Gasteiger partial charge in [0, 0.05) is 13.0 Å². The van der Waals surface area contributed by atoms with Crippen LogP contribution in [-0.2, 0) is 4.79 Å². The maximum Gasteiger partial charge on any atom is 0.254 e. The Labute approximate surface area is 112 Å². The van der Waals surface area contributed by atoms with Gasteiger partial charge in [0.25, 0.3) is 5.91 Å². The van der Waals surface area contributed by atoms with Crippen molar-refractivity contribution in [1.29, 1.82) is 0 Å². The van der Waals surface area contributed by atoms with Gasteiger partial charge in [0.15, 0.2) is 6.10 Å². The average Bonchev–Trinajstić information content (AvgIpc) is 2.87. The molecule has 2 aliphatic rings. The number of rotatable bonds is 3. The summed E-state index contributed by atoms with van der Waals surface area (Å²) in [5, 5.41) is 19.0. The Kier molecular flexibility index (Phi) is 4.37. The Balaban J connectivity index is 2.11. The van der Waals surface area contributed by atoms with Crippen LogP contribution in [0.2, 0.25) is 0 Å². The first kappa shape index (κ1) is 14.2. The quantitative estimate of drug-likeness (QED) is 0.811. The minimum atomic E-state index is -1.38. The molecule has 1 amide bonds. The molecule has 0 radical (unpaired) electrons. The molecule has 0 spiro atoms. The van der Waals surface area contributed by atoms with Crippen molar-refractivity contribution < 1.29 is 19.4 Å². The van der Waals surface area contributed by atoms with Crippen LogP contribution < -0.4 is 0 Å². The van der Waals surface area contributed by atoms with Crippen LogP contribution >= 0.6 is 0 Å². The van der Waals surface area contributed by atoms with Gasteiger partial charge < -0.3 is 15.1 Å². The highest BCUT2D eigenvalue weighted by Gasteiger charge is 2.35. The first-order valence-corrected chi connectivity index (χ1v) is 6.72. The van der Waals surface area contributed by atoms with E-state index in [0.717, 1.165) is 18.4 Å². The Morgan fingerprint density at radius 2 is 2.16 bits per heavy atom. The molecule has 1 aliphatic heterocycles. The molecule has 106 valence electrons. The smallest absolute Gasteiger partial charge is 0.254 e.